The van der Waals surface area contributed by atoms with Crippen LogP contribution in [0.25, 0.3) is 0 Å². The van der Waals surface area contributed by atoms with Crippen molar-refractivity contribution in [2.24, 2.45) is 0 Å². The van der Waals surface area contributed by atoms with Crippen molar-refractivity contribution < 1.29 is 27.8 Å². The maximum Gasteiger partial charge on any atom is 0.387 e. The van der Waals surface area contributed by atoms with Crippen molar-refractivity contribution >= 4 is 28.8 Å². The molecule has 0 aliphatic heterocycles. The molecule has 3 aromatic rings. The van der Waals surface area contributed by atoms with Crippen LogP contribution < -0.4 is 14.8 Å². The second-order valence-electron chi connectivity index (χ2n) is 6.50. The number of carbonyl (C=O) groups excluding carboxylic acids is 2. The van der Waals surface area contributed by atoms with Gasteiger partial charge >= 0.3 is 6.61 Å². The monoisotopic (exact) mass is 446 g/mol. The molecule has 0 spiro atoms. The van der Waals surface area contributed by atoms with Crippen LogP contribution in [0.1, 0.15) is 25.6 Å². The Kier molecular flexibility index (Phi) is 7.19. The summed E-state index contributed by atoms with van der Waals surface area (Å²) in [6, 6.07) is 14.7. The predicted molar refractivity (Wildman–Crippen MR) is 114 cm³/mol. The van der Waals surface area contributed by atoms with E-state index < -0.39 is 6.61 Å². The van der Waals surface area contributed by atoms with E-state index in [2.05, 4.69) is 10.1 Å². The van der Waals surface area contributed by atoms with Crippen LogP contribution in [0.5, 0.6) is 11.5 Å². The second-order valence-corrected chi connectivity index (χ2v) is 7.45. The first kappa shape index (κ1) is 22.2. The molecule has 31 heavy (non-hydrogen) atoms. The molecule has 6 nitrogen and oxygen atoms in total. The minimum Gasteiger partial charge on any atom is -0.493 e. The molecule has 2 amide bonds. The highest BCUT2D eigenvalue weighted by Gasteiger charge is 2.19. The number of thiophene rings is 1. The topological polar surface area (TPSA) is 67.9 Å². The summed E-state index contributed by atoms with van der Waals surface area (Å²) in [6.07, 6.45) is 0. The smallest absolute Gasteiger partial charge is 0.387 e. The first-order valence-corrected chi connectivity index (χ1v) is 10.1. The SMILES string of the molecule is COc1cc(CN(C)C(=O)c2ccccc2NC(=O)c2cccs2)ccc1OC(F)F. The summed E-state index contributed by atoms with van der Waals surface area (Å²) < 4.78 is 34.5. The van der Waals surface area contributed by atoms with Gasteiger partial charge in [-0.3, -0.25) is 9.59 Å². The Bertz CT molecular complexity index is 1060. The van der Waals surface area contributed by atoms with Crippen LogP contribution >= 0.6 is 11.3 Å². The minimum atomic E-state index is -2.97. The molecule has 0 bridgehead atoms. The number of hydrogen-bond acceptors (Lipinski definition) is 5. The third-order valence-electron chi connectivity index (χ3n) is 4.36. The highest BCUT2D eigenvalue weighted by Crippen LogP contribution is 2.30. The Balaban J connectivity index is 1.75. The molecule has 0 aliphatic carbocycles. The number of amides is 2. The lowest BCUT2D eigenvalue weighted by Gasteiger charge is -2.20. The number of nitrogens with zero attached hydrogens (tertiary/aromatic N) is 1. The molecule has 0 unspecified atom stereocenters. The molecule has 1 aromatic heterocycles. The van der Waals surface area contributed by atoms with Gasteiger partial charge in [-0.1, -0.05) is 24.3 Å². The summed E-state index contributed by atoms with van der Waals surface area (Å²) in [5, 5.41) is 4.57. The third kappa shape index (κ3) is 5.58. The fraction of sp³-hybridized carbons (Fsp3) is 0.182. The van der Waals surface area contributed by atoms with Crippen molar-refractivity contribution in [1.29, 1.82) is 0 Å². The molecule has 1 heterocycles. The number of carbonyl (C=O) groups is 2. The number of anilines is 1. The molecule has 3 rings (SSSR count). The van der Waals surface area contributed by atoms with Crippen molar-refractivity contribution in [3.63, 3.8) is 0 Å². The number of para-hydroxylation sites is 1. The fourth-order valence-electron chi connectivity index (χ4n) is 2.93. The van der Waals surface area contributed by atoms with Crippen molar-refractivity contribution in [2.45, 2.75) is 13.2 Å². The lowest BCUT2D eigenvalue weighted by Crippen LogP contribution is -2.27. The first-order chi connectivity index (χ1) is 14.9. The van der Waals surface area contributed by atoms with Gasteiger partial charge in [0.2, 0.25) is 0 Å². The Morgan fingerprint density at radius 2 is 1.87 bits per heavy atom. The molecule has 9 heteroatoms. The minimum absolute atomic E-state index is 0.0862. The summed E-state index contributed by atoms with van der Waals surface area (Å²) in [5.74, 6) is -0.551. The molecule has 2 aromatic carbocycles. The van der Waals surface area contributed by atoms with Crippen LogP contribution in [0.4, 0.5) is 14.5 Å². The molecule has 0 saturated heterocycles. The zero-order valence-corrected chi connectivity index (χ0v) is 17.6. The molecule has 0 radical (unpaired) electrons. The second kappa shape index (κ2) is 10.0. The number of nitrogens with one attached hydrogen (secondary N) is 1. The van der Waals surface area contributed by atoms with E-state index in [1.165, 1.54) is 35.5 Å². The van der Waals surface area contributed by atoms with Crippen molar-refractivity contribution in [3.05, 3.63) is 76.0 Å². The van der Waals surface area contributed by atoms with Gasteiger partial charge in [-0.25, -0.2) is 0 Å². The lowest BCUT2D eigenvalue weighted by atomic mass is 10.1. The van der Waals surface area contributed by atoms with E-state index in [1.54, 1.807) is 54.9 Å². The van der Waals surface area contributed by atoms with Crippen LogP contribution in [0, 0.1) is 0 Å². The van der Waals surface area contributed by atoms with Crippen molar-refractivity contribution in [2.75, 3.05) is 19.5 Å². The van der Waals surface area contributed by atoms with Gasteiger partial charge in [0.15, 0.2) is 11.5 Å². The average Bonchev–Trinajstić information content (AvgIpc) is 3.29. The van der Waals surface area contributed by atoms with Gasteiger partial charge in [0.05, 0.1) is 23.2 Å². The van der Waals surface area contributed by atoms with Gasteiger partial charge in [-0.15, -0.1) is 11.3 Å². The van der Waals surface area contributed by atoms with Gasteiger partial charge in [0, 0.05) is 13.6 Å². The van der Waals surface area contributed by atoms with E-state index in [4.69, 9.17) is 4.74 Å². The van der Waals surface area contributed by atoms with Gasteiger partial charge in [0.1, 0.15) is 0 Å². The van der Waals surface area contributed by atoms with Gasteiger partial charge in [-0.2, -0.15) is 8.78 Å². The third-order valence-corrected chi connectivity index (χ3v) is 5.23. The maximum atomic E-state index is 13.0. The lowest BCUT2D eigenvalue weighted by molar-refractivity contribution is -0.0512. The van der Waals surface area contributed by atoms with Crippen LogP contribution in [0.15, 0.2) is 60.0 Å². The number of ether oxygens (including phenoxy) is 2. The van der Waals surface area contributed by atoms with E-state index in [0.29, 0.717) is 21.7 Å². The van der Waals surface area contributed by atoms with Gasteiger partial charge in [-0.05, 0) is 41.3 Å². The van der Waals surface area contributed by atoms with E-state index in [-0.39, 0.29) is 29.9 Å². The zero-order valence-electron chi connectivity index (χ0n) is 16.8. The van der Waals surface area contributed by atoms with Gasteiger partial charge in [0.25, 0.3) is 11.8 Å². The number of rotatable bonds is 8. The first-order valence-electron chi connectivity index (χ1n) is 9.20. The normalized spacial score (nSPS) is 10.6. The fourth-order valence-corrected chi connectivity index (χ4v) is 3.54. The number of halogens is 2. The zero-order chi connectivity index (χ0) is 22.4. The molecule has 0 atom stereocenters. The molecule has 162 valence electrons. The van der Waals surface area contributed by atoms with Crippen LogP contribution in [-0.4, -0.2) is 37.5 Å². The summed E-state index contributed by atoms with van der Waals surface area (Å²) in [5.41, 5.74) is 1.39. The Morgan fingerprint density at radius 3 is 2.55 bits per heavy atom. The molecular weight excluding hydrogens is 426 g/mol. The van der Waals surface area contributed by atoms with E-state index in [0.717, 1.165) is 0 Å². The molecular formula is C22H20F2N2O4S. The number of methoxy groups -OCH3 is 1. The molecule has 0 fully saturated rings. The highest BCUT2D eigenvalue weighted by molar-refractivity contribution is 7.12. The summed E-state index contributed by atoms with van der Waals surface area (Å²) in [7, 11) is 2.95. The number of benzene rings is 2. The van der Waals surface area contributed by atoms with Crippen LogP contribution in [0.3, 0.4) is 0 Å². The molecule has 0 aliphatic rings. The van der Waals surface area contributed by atoms with Crippen LogP contribution in [0.2, 0.25) is 0 Å². The largest absolute Gasteiger partial charge is 0.493 e. The Hall–Kier alpha value is -3.46. The van der Waals surface area contributed by atoms with Crippen LogP contribution in [-0.2, 0) is 6.54 Å². The summed E-state index contributed by atoms with van der Waals surface area (Å²) in [6.45, 7) is -2.78. The highest BCUT2D eigenvalue weighted by atomic mass is 32.1. The van der Waals surface area contributed by atoms with Crippen molar-refractivity contribution in [1.82, 2.24) is 4.90 Å². The maximum absolute atomic E-state index is 13.0. The molecule has 1 N–H and O–H groups in total. The summed E-state index contributed by atoms with van der Waals surface area (Å²) >= 11 is 1.30. The quantitative estimate of drug-likeness (QED) is 0.535. The Morgan fingerprint density at radius 1 is 1.10 bits per heavy atom. The molecule has 0 saturated carbocycles. The number of hydrogen-bond donors (Lipinski definition) is 1. The van der Waals surface area contributed by atoms with Crippen molar-refractivity contribution in [3.8, 4) is 11.5 Å². The predicted octanol–water partition coefficient (Wildman–Crippen LogP) is 4.88. The summed E-state index contributed by atoms with van der Waals surface area (Å²) in [4.78, 5) is 27.4. The average molecular weight is 446 g/mol. The van der Waals surface area contributed by atoms with E-state index in [1.807, 2.05) is 0 Å². The number of alkyl halides is 2. The Labute approximate surface area is 182 Å². The van der Waals surface area contributed by atoms with E-state index >= 15 is 0 Å². The van der Waals surface area contributed by atoms with E-state index in [9.17, 15) is 18.4 Å². The standard InChI is InChI=1S/C22H20F2N2O4S/c1-26(13-14-9-10-17(30-22(23)24)18(12-14)29-2)21(28)15-6-3-4-7-16(15)25-20(27)19-8-5-11-31-19/h3-12,22H,13H2,1-2H3,(H,25,27). The van der Waals surface area contributed by atoms with Gasteiger partial charge < -0.3 is 19.7 Å².